The Morgan fingerprint density at radius 2 is 1.58 bits per heavy atom. The largest absolute Gasteiger partial charge is 0.399 e. The van der Waals surface area contributed by atoms with Crippen LogP contribution in [0.15, 0.2) is 18.2 Å². The Balaban J connectivity index is 1.38. The molecule has 2 N–H and O–H groups in total. The zero-order valence-electron chi connectivity index (χ0n) is 11.8. The predicted octanol–water partition coefficient (Wildman–Crippen LogP) is 2.46. The van der Waals surface area contributed by atoms with Crippen LogP contribution >= 0.6 is 0 Å². The van der Waals surface area contributed by atoms with Crippen molar-refractivity contribution in [3.63, 3.8) is 0 Å². The van der Waals surface area contributed by atoms with E-state index in [2.05, 4.69) is 21.9 Å². The normalized spacial score (nSPS) is 20.0. The van der Waals surface area contributed by atoms with Gasteiger partial charge in [0.15, 0.2) is 0 Å². The Kier molecular flexibility index (Phi) is 4.04. The van der Waals surface area contributed by atoms with Gasteiger partial charge in [0.05, 0.1) is 0 Å². The molecule has 0 amide bonds. The molecule has 2 heterocycles. The average molecular weight is 259 g/mol. The van der Waals surface area contributed by atoms with Crippen LogP contribution in [-0.4, -0.2) is 36.0 Å². The first-order valence-electron chi connectivity index (χ1n) is 7.63. The highest BCUT2D eigenvalue weighted by molar-refractivity contribution is 5.46. The molecule has 0 radical (unpaired) electrons. The lowest BCUT2D eigenvalue weighted by atomic mass is 10.1. The molecule has 0 bridgehead atoms. The molecule has 0 aliphatic carbocycles. The first kappa shape index (κ1) is 12.9. The molecule has 3 rings (SSSR count). The number of nitrogens with zero attached hydrogens (tertiary/aromatic N) is 2. The van der Waals surface area contributed by atoms with Crippen molar-refractivity contribution in [2.24, 2.45) is 0 Å². The Morgan fingerprint density at radius 3 is 2.37 bits per heavy atom. The number of benzene rings is 1. The van der Waals surface area contributed by atoms with Gasteiger partial charge < -0.3 is 10.6 Å². The van der Waals surface area contributed by atoms with Crippen LogP contribution < -0.4 is 5.73 Å². The molecule has 2 aliphatic heterocycles. The maximum absolute atomic E-state index is 5.84. The van der Waals surface area contributed by atoms with Gasteiger partial charge in [-0.15, -0.1) is 0 Å². The Bertz CT molecular complexity index is 424. The third kappa shape index (κ3) is 3.28. The van der Waals surface area contributed by atoms with Crippen molar-refractivity contribution < 1.29 is 0 Å². The number of likely N-dealkylation sites (tertiary alicyclic amines) is 1. The van der Waals surface area contributed by atoms with Crippen molar-refractivity contribution in [3.05, 3.63) is 29.3 Å². The smallest absolute Gasteiger partial charge is 0.0317 e. The number of anilines is 1. The van der Waals surface area contributed by atoms with Crippen LogP contribution in [-0.2, 0) is 13.1 Å². The molecule has 0 unspecified atom stereocenters. The summed E-state index contributed by atoms with van der Waals surface area (Å²) >= 11 is 0. The van der Waals surface area contributed by atoms with E-state index in [4.69, 9.17) is 5.73 Å². The summed E-state index contributed by atoms with van der Waals surface area (Å²) in [6.07, 6.45) is 5.47. The second-order valence-electron chi connectivity index (χ2n) is 5.99. The van der Waals surface area contributed by atoms with Gasteiger partial charge >= 0.3 is 0 Å². The molecule has 1 fully saturated rings. The van der Waals surface area contributed by atoms with Crippen molar-refractivity contribution in [2.45, 2.75) is 38.8 Å². The van der Waals surface area contributed by atoms with Gasteiger partial charge in [-0.25, -0.2) is 0 Å². The van der Waals surface area contributed by atoms with Crippen molar-refractivity contribution >= 4 is 5.69 Å². The van der Waals surface area contributed by atoms with E-state index in [1.807, 2.05) is 6.07 Å². The third-order valence-corrected chi connectivity index (χ3v) is 4.42. The van der Waals surface area contributed by atoms with Crippen molar-refractivity contribution in [1.82, 2.24) is 9.80 Å². The fourth-order valence-corrected chi connectivity index (χ4v) is 3.32. The molecule has 3 heteroatoms. The fraction of sp³-hybridized carbons (Fsp3) is 0.625. The first-order valence-corrected chi connectivity index (χ1v) is 7.63. The molecule has 0 aromatic heterocycles. The van der Waals surface area contributed by atoms with E-state index in [0.717, 1.165) is 18.8 Å². The number of fused-ring (bicyclic) bond motifs is 1. The van der Waals surface area contributed by atoms with Gasteiger partial charge in [-0.2, -0.15) is 0 Å². The van der Waals surface area contributed by atoms with Crippen molar-refractivity contribution in [2.75, 3.05) is 31.9 Å². The summed E-state index contributed by atoms with van der Waals surface area (Å²) in [6.45, 7) is 7.38. The van der Waals surface area contributed by atoms with Gasteiger partial charge in [-0.05, 0) is 75.1 Å². The van der Waals surface area contributed by atoms with E-state index in [-0.39, 0.29) is 0 Å². The number of hydrogen-bond donors (Lipinski definition) is 1. The number of nitrogens with two attached hydrogens (primary N) is 1. The van der Waals surface area contributed by atoms with E-state index in [0.29, 0.717) is 0 Å². The minimum absolute atomic E-state index is 0.898. The summed E-state index contributed by atoms with van der Waals surface area (Å²) in [5.74, 6) is 0. The number of unbranched alkanes of at least 4 members (excludes halogenated alkanes) is 1. The Labute approximate surface area is 116 Å². The van der Waals surface area contributed by atoms with Crippen LogP contribution in [0.3, 0.4) is 0 Å². The molecule has 1 saturated heterocycles. The molecular formula is C16H25N3. The fourth-order valence-electron chi connectivity index (χ4n) is 3.32. The van der Waals surface area contributed by atoms with Crippen molar-refractivity contribution in [1.29, 1.82) is 0 Å². The molecule has 2 aliphatic rings. The van der Waals surface area contributed by atoms with Gasteiger partial charge in [0.1, 0.15) is 0 Å². The molecular weight excluding hydrogens is 234 g/mol. The minimum Gasteiger partial charge on any atom is -0.399 e. The summed E-state index contributed by atoms with van der Waals surface area (Å²) in [4.78, 5) is 5.16. The van der Waals surface area contributed by atoms with Crippen LogP contribution in [0.2, 0.25) is 0 Å². The summed E-state index contributed by atoms with van der Waals surface area (Å²) in [5, 5.41) is 0. The van der Waals surface area contributed by atoms with E-state index in [9.17, 15) is 0 Å². The van der Waals surface area contributed by atoms with Crippen LogP contribution in [0.4, 0.5) is 5.69 Å². The topological polar surface area (TPSA) is 32.5 Å². The standard InChI is InChI=1S/C16H25N3/c17-16-6-5-14-12-19(13-15(14)11-16)10-4-3-9-18-7-1-2-8-18/h5-6,11H,1-4,7-10,12-13,17H2. The molecule has 0 spiro atoms. The number of hydrogen-bond acceptors (Lipinski definition) is 3. The molecule has 19 heavy (non-hydrogen) atoms. The first-order chi connectivity index (χ1) is 9.31. The molecule has 1 aromatic carbocycles. The molecule has 0 saturated carbocycles. The lowest BCUT2D eigenvalue weighted by Crippen LogP contribution is -2.22. The summed E-state index contributed by atoms with van der Waals surface area (Å²) in [7, 11) is 0. The molecule has 0 atom stereocenters. The predicted molar refractivity (Wildman–Crippen MR) is 79.9 cm³/mol. The minimum atomic E-state index is 0.898. The van der Waals surface area contributed by atoms with E-state index in [1.165, 1.54) is 63.0 Å². The SMILES string of the molecule is Nc1ccc2c(c1)CN(CCCCN1CCCC1)C2. The van der Waals surface area contributed by atoms with Gasteiger partial charge in [-0.3, -0.25) is 4.90 Å². The van der Waals surface area contributed by atoms with Gasteiger partial charge in [0, 0.05) is 18.8 Å². The van der Waals surface area contributed by atoms with Crippen LogP contribution in [0.25, 0.3) is 0 Å². The number of nitrogen functional groups attached to an aromatic ring is 1. The Hall–Kier alpha value is -1.06. The highest BCUT2D eigenvalue weighted by Crippen LogP contribution is 2.24. The summed E-state index contributed by atoms with van der Waals surface area (Å²) in [6, 6.07) is 6.35. The maximum Gasteiger partial charge on any atom is 0.0317 e. The van der Waals surface area contributed by atoms with Gasteiger partial charge in [0.25, 0.3) is 0 Å². The van der Waals surface area contributed by atoms with E-state index < -0.39 is 0 Å². The van der Waals surface area contributed by atoms with E-state index in [1.54, 1.807) is 0 Å². The second-order valence-corrected chi connectivity index (χ2v) is 5.99. The van der Waals surface area contributed by atoms with Crippen LogP contribution in [0.5, 0.6) is 0 Å². The molecule has 104 valence electrons. The summed E-state index contributed by atoms with van der Waals surface area (Å²) in [5.41, 5.74) is 9.64. The Morgan fingerprint density at radius 1 is 0.895 bits per heavy atom. The lowest BCUT2D eigenvalue weighted by Gasteiger charge is -2.17. The zero-order valence-corrected chi connectivity index (χ0v) is 11.8. The monoisotopic (exact) mass is 259 g/mol. The van der Waals surface area contributed by atoms with Crippen molar-refractivity contribution in [3.8, 4) is 0 Å². The average Bonchev–Trinajstić information content (AvgIpc) is 3.02. The highest BCUT2D eigenvalue weighted by atomic mass is 15.1. The highest BCUT2D eigenvalue weighted by Gasteiger charge is 2.18. The molecule has 1 aromatic rings. The van der Waals surface area contributed by atoms with Crippen LogP contribution in [0, 0.1) is 0 Å². The quantitative estimate of drug-likeness (QED) is 0.651. The number of rotatable bonds is 5. The third-order valence-electron chi connectivity index (χ3n) is 4.42. The van der Waals surface area contributed by atoms with Gasteiger partial charge in [-0.1, -0.05) is 6.07 Å². The maximum atomic E-state index is 5.84. The van der Waals surface area contributed by atoms with E-state index >= 15 is 0 Å². The van der Waals surface area contributed by atoms with Crippen LogP contribution in [0.1, 0.15) is 36.8 Å². The summed E-state index contributed by atoms with van der Waals surface area (Å²) < 4.78 is 0. The second kappa shape index (κ2) is 5.93. The molecule has 3 nitrogen and oxygen atoms in total. The van der Waals surface area contributed by atoms with Gasteiger partial charge in [0.2, 0.25) is 0 Å². The zero-order chi connectivity index (χ0) is 13.1. The lowest BCUT2D eigenvalue weighted by molar-refractivity contribution is 0.263.